The van der Waals surface area contributed by atoms with Crippen molar-refractivity contribution < 1.29 is 4.74 Å². The fourth-order valence-corrected chi connectivity index (χ4v) is 2.68. The van der Waals surface area contributed by atoms with Crippen molar-refractivity contribution in [2.24, 2.45) is 0 Å². The lowest BCUT2D eigenvalue weighted by atomic mass is 10.3. The monoisotopic (exact) mass is 285 g/mol. The average molecular weight is 286 g/mol. The average Bonchev–Trinajstić information content (AvgIpc) is 2.67. The van der Waals surface area contributed by atoms with Crippen molar-refractivity contribution in [1.29, 1.82) is 0 Å². The Morgan fingerprint density at radius 2 is 2.06 bits per heavy atom. The molecule has 3 heterocycles. The molecule has 0 spiro atoms. The molecule has 0 aromatic carbocycles. The second-order valence-electron chi connectivity index (χ2n) is 3.42. The Labute approximate surface area is 110 Å². The number of H-pyrrole nitrogens is 2. The summed E-state index contributed by atoms with van der Waals surface area (Å²) in [4.78, 5) is 32.5. The minimum atomic E-state index is -0.516. The third kappa shape index (κ3) is 1.77. The van der Waals surface area contributed by atoms with Gasteiger partial charge in [0.05, 0.1) is 12.6 Å². The molecular formula is C10H8ClN3O3S. The number of aromatic nitrogens is 3. The number of aromatic amines is 2. The van der Waals surface area contributed by atoms with Crippen molar-refractivity contribution in [1.82, 2.24) is 15.0 Å². The van der Waals surface area contributed by atoms with E-state index in [1.54, 1.807) is 12.1 Å². The van der Waals surface area contributed by atoms with Gasteiger partial charge in [0.25, 0.3) is 5.56 Å². The number of methoxy groups -OCH3 is 1. The predicted molar refractivity (Wildman–Crippen MR) is 72.2 cm³/mol. The summed E-state index contributed by atoms with van der Waals surface area (Å²) in [5.41, 5.74) is -0.391. The summed E-state index contributed by atoms with van der Waals surface area (Å²) >= 11 is 1.22. The van der Waals surface area contributed by atoms with E-state index >= 15 is 0 Å². The van der Waals surface area contributed by atoms with Crippen molar-refractivity contribution in [3.63, 3.8) is 0 Å². The SMILES string of the molecule is COc1ccc2c(n1)sc1c(=O)[nH]c(=O)[nH]c12.Cl. The Bertz CT molecular complexity index is 836. The third-order valence-corrected chi connectivity index (χ3v) is 3.51. The molecule has 3 aromatic heterocycles. The maximum Gasteiger partial charge on any atom is 0.326 e. The van der Waals surface area contributed by atoms with Crippen molar-refractivity contribution in [3.8, 4) is 5.88 Å². The molecule has 94 valence electrons. The molecular weight excluding hydrogens is 278 g/mol. The van der Waals surface area contributed by atoms with Crippen LogP contribution < -0.4 is 16.0 Å². The molecule has 0 aliphatic heterocycles. The van der Waals surface area contributed by atoms with E-state index in [1.807, 2.05) is 0 Å². The van der Waals surface area contributed by atoms with Crippen molar-refractivity contribution in [3.05, 3.63) is 33.0 Å². The van der Waals surface area contributed by atoms with Gasteiger partial charge in [-0.05, 0) is 6.07 Å². The summed E-state index contributed by atoms with van der Waals surface area (Å²) in [6.07, 6.45) is 0. The zero-order valence-corrected chi connectivity index (χ0v) is 10.8. The first-order valence-corrected chi connectivity index (χ1v) is 5.60. The molecule has 0 saturated heterocycles. The minimum absolute atomic E-state index is 0. The molecule has 2 N–H and O–H groups in total. The predicted octanol–water partition coefficient (Wildman–Crippen LogP) is 1.26. The molecule has 6 nitrogen and oxygen atoms in total. The number of hydrogen-bond donors (Lipinski definition) is 2. The van der Waals surface area contributed by atoms with Gasteiger partial charge in [-0.3, -0.25) is 9.78 Å². The smallest absolute Gasteiger partial charge is 0.326 e. The van der Waals surface area contributed by atoms with Crippen LogP contribution in [0.1, 0.15) is 0 Å². The van der Waals surface area contributed by atoms with Crippen LogP contribution >= 0.6 is 23.7 Å². The Morgan fingerprint density at radius 3 is 2.78 bits per heavy atom. The van der Waals surface area contributed by atoms with Crippen LogP contribution in [0, 0.1) is 0 Å². The van der Waals surface area contributed by atoms with Crippen LogP contribution in [0.15, 0.2) is 21.7 Å². The highest BCUT2D eigenvalue weighted by molar-refractivity contribution is 7.25. The topological polar surface area (TPSA) is 87.8 Å². The van der Waals surface area contributed by atoms with Crippen LogP contribution in [-0.4, -0.2) is 22.1 Å². The molecule has 0 amide bonds. The lowest BCUT2D eigenvalue weighted by Crippen LogP contribution is -2.20. The summed E-state index contributed by atoms with van der Waals surface area (Å²) < 4.78 is 5.47. The van der Waals surface area contributed by atoms with Crippen LogP contribution in [0.2, 0.25) is 0 Å². The first kappa shape index (κ1) is 12.6. The van der Waals surface area contributed by atoms with Gasteiger partial charge in [0, 0.05) is 11.5 Å². The normalized spacial score (nSPS) is 10.5. The molecule has 0 aliphatic rings. The van der Waals surface area contributed by atoms with Crippen LogP contribution in [0.3, 0.4) is 0 Å². The van der Waals surface area contributed by atoms with Gasteiger partial charge in [-0.25, -0.2) is 9.78 Å². The number of halogens is 1. The van der Waals surface area contributed by atoms with Gasteiger partial charge in [-0.1, -0.05) is 0 Å². The van der Waals surface area contributed by atoms with Gasteiger partial charge in [0.1, 0.15) is 9.53 Å². The van der Waals surface area contributed by atoms with E-state index in [1.165, 1.54) is 18.4 Å². The van der Waals surface area contributed by atoms with E-state index in [0.29, 0.717) is 20.9 Å². The van der Waals surface area contributed by atoms with Gasteiger partial charge in [-0.15, -0.1) is 23.7 Å². The van der Waals surface area contributed by atoms with E-state index in [-0.39, 0.29) is 12.4 Å². The number of nitrogens with one attached hydrogen (secondary N) is 2. The molecule has 3 aromatic rings. The summed E-state index contributed by atoms with van der Waals surface area (Å²) in [5, 5.41) is 0.744. The molecule has 0 atom stereocenters. The van der Waals surface area contributed by atoms with Gasteiger partial charge in [0.15, 0.2) is 0 Å². The molecule has 18 heavy (non-hydrogen) atoms. The van der Waals surface area contributed by atoms with E-state index in [2.05, 4.69) is 15.0 Å². The number of pyridine rings is 1. The molecule has 8 heteroatoms. The lowest BCUT2D eigenvalue weighted by Gasteiger charge is -1.96. The number of thiophene rings is 1. The first-order valence-electron chi connectivity index (χ1n) is 4.79. The van der Waals surface area contributed by atoms with Gasteiger partial charge in [-0.2, -0.15) is 0 Å². The van der Waals surface area contributed by atoms with Crippen LogP contribution in [-0.2, 0) is 0 Å². The van der Waals surface area contributed by atoms with Crippen molar-refractivity contribution in [2.45, 2.75) is 0 Å². The lowest BCUT2D eigenvalue weighted by molar-refractivity contribution is 0.400. The maximum atomic E-state index is 11.6. The quantitative estimate of drug-likeness (QED) is 0.704. The number of ether oxygens (including phenoxy) is 1. The molecule has 0 aliphatic carbocycles. The van der Waals surface area contributed by atoms with Crippen molar-refractivity contribution in [2.75, 3.05) is 7.11 Å². The Hall–Kier alpha value is -1.86. The maximum absolute atomic E-state index is 11.6. The molecule has 0 radical (unpaired) electrons. The number of fused-ring (bicyclic) bond motifs is 3. The summed E-state index contributed by atoms with van der Waals surface area (Å²) in [6, 6.07) is 3.46. The second kappa shape index (κ2) is 4.43. The van der Waals surface area contributed by atoms with E-state index in [4.69, 9.17) is 4.74 Å². The largest absolute Gasteiger partial charge is 0.481 e. The molecule has 0 bridgehead atoms. The first-order chi connectivity index (χ1) is 8.19. The highest BCUT2D eigenvalue weighted by Gasteiger charge is 2.11. The fourth-order valence-electron chi connectivity index (χ4n) is 1.66. The molecule has 0 saturated carbocycles. The zero-order chi connectivity index (χ0) is 12.0. The fraction of sp³-hybridized carbons (Fsp3) is 0.100. The second-order valence-corrected chi connectivity index (χ2v) is 4.42. The Morgan fingerprint density at radius 1 is 1.28 bits per heavy atom. The number of hydrogen-bond acceptors (Lipinski definition) is 5. The summed E-state index contributed by atoms with van der Waals surface area (Å²) in [5.74, 6) is 0.475. The standard InChI is InChI=1S/C10H7N3O3S.ClH/c1-16-5-3-2-4-6-7(17-9(4)11-5)8(14)13-10(15)12-6;/h2-3H,1H3,(H2,12,13,14,15);1H. The summed E-state index contributed by atoms with van der Waals surface area (Å²) in [7, 11) is 1.52. The van der Waals surface area contributed by atoms with Crippen LogP contribution in [0.25, 0.3) is 20.4 Å². The van der Waals surface area contributed by atoms with Crippen molar-refractivity contribution >= 4 is 44.2 Å². The van der Waals surface area contributed by atoms with Gasteiger partial charge in [0.2, 0.25) is 5.88 Å². The van der Waals surface area contributed by atoms with Crippen LogP contribution in [0.4, 0.5) is 0 Å². The number of nitrogens with zero attached hydrogens (tertiary/aromatic N) is 1. The Balaban J connectivity index is 0.00000120. The summed E-state index contributed by atoms with van der Waals surface area (Å²) in [6.45, 7) is 0. The highest BCUT2D eigenvalue weighted by Crippen LogP contribution is 2.29. The van der Waals surface area contributed by atoms with E-state index in [0.717, 1.165) is 5.39 Å². The van der Waals surface area contributed by atoms with Gasteiger partial charge >= 0.3 is 5.69 Å². The molecule has 0 fully saturated rings. The van der Waals surface area contributed by atoms with E-state index < -0.39 is 11.2 Å². The third-order valence-electron chi connectivity index (χ3n) is 2.41. The highest BCUT2D eigenvalue weighted by atomic mass is 35.5. The molecule has 3 rings (SSSR count). The van der Waals surface area contributed by atoms with E-state index in [9.17, 15) is 9.59 Å². The van der Waals surface area contributed by atoms with Gasteiger partial charge < -0.3 is 9.72 Å². The molecule has 0 unspecified atom stereocenters. The van der Waals surface area contributed by atoms with Crippen LogP contribution in [0.5, 0.6) is 5.88 Å². The zero-order valence-electron chi connectivity index (χ0n) is 9.14. The number of rotatable bonds is 1. The Kier molecular flexibility index (Phi) is 3.10. The minimum Gasteiger partial charge on any atom is -0.481 e.